The lowest BCUT2D eigenvalue weighted by atomic mass is 9.90. The molecule has 1 aliphatic rings. The standard InChI is InChI=1S/C15H18FNO2/c1-15(2,3)8-5-9-17-12-10(13(18)14(17)19)6-4-7-11(12)16/h4,6-7H,5,8-9H2,1-3H3. The first-order valence-electron chi connectivity index (χ1n) is 6.46. The summed E-state index contributed by atoms with van der Waals surface area (Å²) in [7, 11) is 0. The Labute approximate surface area is 112 Å². The minimum absolute atomic E-state index is 0.145. The SMILES string of the molecule is CC(C)(C)CCCN1C(=O)C(=O)c2cccc(F)c21. The lowest BCUT2D eigenvalue weighted by molar-refractivity contribution is -0.114. The van der Waals surface area contributed by atoms with E-state index in [1.54, 1.807) is 0 Å². The van der Waals surface area contributed by atoms with Gasteiger partial charge in [0.1, 0.15) is 5.82 Å². The van der Waals surface area contributed by atoms with Gasteiger partial charge in [-0.2, -0.15) is 0 Å². The molecule has 3 nitrogen and oxygen atoms in total. The molecule has 0 unspecified atom stereocenters. The van der Waals surface area contributed by atoms with E-state index >= 15 is 0 Å². The fourth-order valence-electron chi connectivity index (χ4n) is 2.29. The first kappa shape index (κ1) is 13.7. The maximum absolute atomic E-state index is 13.8. The summed E-state index contributed by atoms with van der Waals surface area (Å²) in [4.78, 5) is 24.9. The molecule has 19 heavy (non-hydrogen) atoms. The molecule has 0 saturated carbocycles. The molecule has 1 heterocycles. The van der Waals surface area contributed by atoms with E-state index in [0.717, 1.165) is 12.8 Å². The number of Topliss-reactive ketones (excluding diaryl/α,β-unsaturated/α-hetero) is 1. The molecule has 1 aromatic rings. The quantitative estimate of drug-likeness (QED) is 0.785. The van der Waals surface area contributed by atoms with Gasteiger partial charge in [-0.1, -0.05) is 26.8 Å². The van der Waals surface area contributed by atoms with Crippen LogP contribution in [0.5, 0.6) is 0 Å². The van der Waals surface area contributed by atoms with Crippen molar-refractivity contribution in [2.75, 3.05) is 11.4 Å². The summed E-state index contributed by atoms with van der Waals surface area (Å²) < 4.78 is 13.8. The number of fused-ring (bicyclic) bond motifs is 1. The van der Waals surface area contributed by atoms with Gasteiger partial charge in [0, 0.05) is 6.54 Å². The van der Waals surface area contributed by atoms with Crippen molar-refractivity contribution in [1.29, 1.82) is 0 Å². The van der Waals surface area contributed by atoms with Crippen LogP contribution in [-0.4, -0.2) is 18.2 Å². The number of benzene rings is 1. The average Bonchev–Trinajstić information content (AvgIpc) is 2.54. The molecule has 0 atom stereocenters. The molecule has 4 heteroatoms. The summed E-state index contributed by atoms with van der Waals surface area (Å²) in [6.45, 7) is 6.71. The Hall–Kier alpha value is -1.71. The number of carbonyl (C=O) groups is 2. The van der Waals surface area contributed by atoms with E-state index in [0.29, 0.717) is 6.54 Å². The number of hydrogen-bond acceptors (Lipinski definition) is 2. The summed E-state index contributed by atoms with van der Waals surface area (Å²) in [6.07, 6.45) is 1.66. The van der Waals surface area contributed by atoms with Crippen molar-refractivity contribution in [2.24, 2.45) is 5.41 Å². The van der Waals surface area contributed by atoms with Crippen molar-refractivity contribution >= 4 is 17.4 Å². The summed E-state index contributed by atoms with van der Waals surface area (Å²) in [6, 6.07) is 4.24. The Morgan fingerprint density at radius 1 is 1.21 bits per heavy atom. The van der Waals surface area contributed by atoms with E-state index in [-0.39, 0.29) is 16.7 Å². The lowest BCUT2D eigenvalue weighted by Gasteiger charge is -2.21. The van der Waals surface area contributed by atoms with E-state index < -0.39 is 17.5 Å². The highest BCUT2D eigenvalue weighted by atomic mass is 19.1. The molecule has 0 spiro atoms. The van der Waals surface area contributed by atoms with E-state index in [9.17, 15) is 14.0 Å². The van der Waals surface area contributed by atoms with Gasteiger partial charge in [-0.25, -0.2) is 4.39 Å². The van der Waals surface area contributed by atoms with Crippen molar-refractivity contribution < 1.29 is 14.0 Å². The molecule has 102 valence electrons. The first-order chi connectivity index (χ1) is 8.81. The van der Waals surface area contributed by atoms with Gasteiger partial charge in [-0.05, 0) is 30.4 Å². The number of para-hydroxylation sites is 1. The molecule has 0 radical (unpaired) electrons. The molecular weight excluding hydrogens is 245 g/mol. The minimum atomic E-state index is -0.617. The topological polar surface area (TPSA) is 37.4 Å². The monoisotopic (exact) mass is 263 g/mol. The highest BCUT2D eigenvalue weighted by Gasteiger charge is 2.37. The third-order valence-corrected chi connectivity index (χ3v) is 3.25. The van der Waals surface area contributed by atoms with Crippen LogP contribution in [0.25, 0.3) is 0 Å². The Bertz CT molecular complexity index is 531. The second-order valence-corrected chi connectivity index (χ2v) is 6.09. The normalized spacial score (nSPS) is 15.1. The zero-order valence-corrected chi connectivity index (χ0v) is 11.5. The summed E-state index contributed by atoms with van der Waals surface area (Å²) >= 11 is 0. The molecule has 1 aromatic carbocycles. The Kier molecular flexibility index (Phi) is 3.43. The van der Waals surface area contributed by atoms with Gasteiger partial charge < -0.3 is 4.90 Å². The van der Waals surface area contributed by atoms with Crippen LogP contribution in [-0.2, 0) is 4.79 Å². The molecule has 0 N–H and O–H groups in total. The molecule has 0 fully saturated rings. The van der Waals surface area contributed by atoms with Crippen LogP contribution in [0.1, 0.15) is 44.0 Å². The third-order valence-electron chi connectivity index (χ3n) is 3.25. The van der Waals surface area contributed by atoms with Crippen LogP contribution in [0.4, 0.5) is 10.1 Å². The molecule has 0 aliphatic carbocycles. The van der Waals surface area contributed by atoms with Gasteiger partial charge in [0.15, 0.2) is 0 Å². The predicted molar refractivity (Wildman–Crippen MR) is 71.8 cm³/mol. The molecular formula is C15H18FNO2. The Morgan fingerprint density at radius 3 is 2.53 bits per heavy atom. The van der Waals surface area contributed by atoms with Crippen molar-refractivity contribution in [3.05, 3.63) is 29.6 Å². The molecule has 0 bridgehead atoms. The minimum Gasteiger partial charge on any atom is -0.302 e. The molecule has 1 aliphatic heterocycles. The van der Waals surface area contributed by atoms with Gasteiger partial charge in [0.2, 0.25) is 0 Å². The number of amides is 1. The number of rotatable bonds is 3. The van der Waals surface area contributed by atoms with Gasteiger partial charge in [0.25, 0.3) is 11.7 Å². The third kappa shape index (κ3) is 2.67. The molecule has 0 saturated heterocycles. The van der Waals surface area contributed by atoms with Crippen LogP contribution in [0.3, 0.4) is 0 Å². The highest BCUT2D eigenvalue weighted by molar-refractivity contribution is 6.52. The largest absolute Gasteiger partial charge is 0.302 e. The molecule has 1 amide bonds. The van der Waals surface area contributed by atoms with Gasteiger partial charge in [-0.15, -0.1) is 0 Å². The first-order valence-corrected chi connectivity index (χ1v) is 6.46. The lowest BCUT2D eigenvalue weighted by Crippen LogP contribution is -2.31. The maximum Gasteiger partial charge on any atom is 0.299 e. The number of anilines is 1. The summed E-state index contributed by atoms with van der Waals surface area (Å²) in [5.74, 6) is -1.73. The summed E-state index contributed by atoms with van der Waals surface area (Å²) in [5.41, 5.74) is 0.484. The van der Waals surface area contributed by atoms with E-state index in [1.807, 2.05) is 0 Å². The fraction of sp³-hybridized carbons (Fsp3) is 0.467. The van der Waals surface area contributed by atoms with Crippen LogP contribution >= 0.6 is 0 Å². The average molecular weight is 263 g/mol. The zero-order chi connectivity index (χ0) is 14.2. The number of carbonyl (C=O) groups excluding carboxylic acids is 2. The van der Waals surface area contributed by atoms with Crippen molar-refractivity contribution in [3.63, 3.8) is 0 Å². The number of nitrogens with zero attached hydrogens (tertiary/aromatic N) is 1. The van der Waals surface area contributed by atoms with Gasteiger partial charge in [-0.3, -0.25) is 9.59 Å². The van der Waals surface area contributed by atoms with Crippen LogP contribution < -0.4 is 4.90 Å². The van der Waals surface area contributed by atoms with Crippen molar-refractivity contribution in [3.8, 4) is 0 Å². The Balaban J connectivity index is 2.19. The van der Waals surface area contributed by atoms with Crippen LogP contribution in [0, 0.1) is 11.2 Å². The van der Waals surface area contributed by atoms with Crippen LogP contribution in [0.15, 0.2) is 18.2 Å². The zero-order valence-electron chi connectivity index (χ0n) is 11.5. The Morgan fingerprint density at radius 2 is 1.89 bits per heavy atom. The number of halogens is 1. The van der Waals surface area contributed by atoms with Crippen molar-refractivity contribution in [1.82, 2.24) is 0 Å². The van der Waals surface area contributed by atoms with Gasteiger partial charge >= 0.3 is 0 Å². The van der Waals surface area contributed by atoms with Gasteiger partial charge in [0.05, 0.1) is 11.3 Å². The second kappa shape index (κ2) is 4.76. The maximum atomic E-state index is 13.8. The van der Waals surface area contributed by atoms with E-state index in [4.69, 9.17) is 0 Å². The van der Waals surface area contributed by atoms with Crippen LogP contribution in [0.2, 0.25) is 0 Å². The predicted octanol–water partition coefficient (Wildman–Crippen LogP) is 3.18. The second-order valence-electron chi connectivity index (χ2n) is 6.09. The molecule has 2 rings (SSSR count). The molecule has 0 aromatic heterocycles. The number of hydrogen-bond donors (Lipinski definition) is 0. The highest BCUT2D eigenvalue weighted by Crippen LogP contribution is 2.32. The smallest absolute Gasteiger partial charge is 0.299 e. The van der Waals surface area contributed by atoms with E-state index in [2.05, 4.69) is 20.8 Å². The number of ketones is 1. The van der Waals surface area contributed by atoms with E-state index in [1.165, 1.54) is 23.1 Å². The summed E-state index contributed by atoms with van der Waals surface area (Å²) in [5, 5.41) is 0. The fourth-order valence-corrected chi connectivity index (χ4v) is 2.29. The van der Waals surface area contributed by atoms with Crippen molar-refractivity contribution in [2.45, 2.75) is 33.6 Å².